The zero-order valence-electron chi connectivity index (χ0n) is 8.03. The molecular formula is C9H10N2S. The number of fused-ring (bicyclic) bond motifs is 1. The van der Waals surface area contributed by atoms with Crippen LogP contribution in [0.5, 0.6) is 0 Å². The van der Waals surface area contributed by atoms with Crippen molar-refractivity contribution in [2.24, 2.45) is 0 Å². The van der Waals surface area contributed by atoms with Crippen LogP contribution in [-0.4, -0.2) is 9.97 Å². The number of pyridine rings is 1. The second-order valence-corrected chi connectivity index (χ2v) is 4.04. The third-order valence-corrected chi connectivity index (χ3v) is 2.96. The SMILES string of the molecule is [3H]c1nccc2sc(C(C)C)nc12. The fourth-order valence-electron chi connectivity index (χ4n) is 0.992. The molecule has 0 amide bonds. The molecule has 3 heteroatoms. The average molecular weight is 180 g/mol. The van der Waals surface area contributed by atoms with E-state index < -0.39 is 0 Å². The Labute approximate surface area is 76.7 Å². The van der Waals surface area contributed by atoms with Gasteiger partial charge in [-0.15, -0.1) is 11.3 Å². The molecule has 2 nitrogen and oxygen atoms in total. The van der Waals surface area contributed by atoms with Gasteiger partial charge in [-0.25, -0.2) is 4.98 Å². The summed E-state index contributed by atoms with van der Waals surface area (Å²) in [5, 5.41) is 1.08. The van der Waals surface area contributed by atoms with Crippen LogP contribution in [0.2, 0.25) is 0 Å². The zero-order valence-corrected chi connectivity index (χ0v) is 7.85. The van der Waals surface area contributed by atoms with E-state index in [1.54, 1.807) is 17.5 Å². The molecule has 0 N–H and O–H groups in total. The molecule has 0 aliphatic heterocycles. The summed E-state index contributed by atoms with van der Waals surface area (Å²) in [5.41, 5.74) is 0.733. The van der Waals surface area contributed by atoms with Crippen LogP contribution < -0.4 is 0 Å². The molecule has 2 rings (SSSR count). The van der Waals surface area contributed by atoms with Crippen LogP contribution in [0.4, 0.5) is 0 Å². The van der Waals surface area contributed by atoms with Gasteiger partial charge >= 0.3 is 0 Å². The number of rotatable bonds is 1. The third-order valence-electron chi connectivity index (χ3n) is 1.63. The summed E-state index contributed by atoms with van der Waals surface area (Å²) in [4.78, 5) is 8.27. The fraction of sp³-hybridized carbons (Fsp3) is 0.333. The molecule has 0 saturated carbocycles. The Morgan fingerprint density at radius 2 is 2.42 bits per heavy atom. The molecule has 2 heterocycles. The van der Waals surface area contributed by atoms with Crippen LogP contribution >= 0.6 is 11.3 Å². The molecule has 0 atom stereocenters. The average Bonchev–Trinajstić information content (AvgIpc) is 2.49. The topological polar surface area (TPSA) is 25.8 Å². The Balaban J connectivity index is 2.68. The third kappa shape index (κ3) is 1.20. The van der Waals surface area contributed by atoms with E-state index >= 15 is 0 Å². The molecule has 0 spiro atoms. The number of nitrogens with zero attached hydrogens (tertiary/aromatic N) is 2. The summed E-state index contributed by atoms with van der Waals surface area (Å²) in [5.74, 6) is 0.428. The number of hydrogen-bond acceptors (Lipinski definition) is 3. The van der Waals surface area contributed by atoms with Gasteiger partial charge in [0, 0.05) is 12.1 Å². The summed E-state index contributed by atoms with van der Waals surface area (Å²) in [6, 6.07) is 1.91. The van der Waals surface area contributed by atoms with Crippen LogP contribution in [0, 0.1) is 0 Å². The highest BCUT2D eigenvalue weighted by atomic mass is 32.1. The summed E-state index contributed by atoms with van der Waals surface area (Å²) in [6.07, 6.45) is 1.94. The van der Waals surface area contributed by atoms with Crippen LogP contribution in [0.25, 0.3) is 10.2 Å². The Bertz CT molecular complexity index is 436. The molecule has 0 aromatic carbocycles. The Hall–Kier alpha value is -0.960. The van der Waals surface area contributed by atoms with Crippen LogP contribution in [0.3, 0.4) is 0 Å². The summed E-state index contributed by atoms with van der Waals surface area (Å²) < 4.78 is 8.61. The van der Waals surface area contributed by atoms with Gasteiger partial charge in [-0.1, -0.05) is 13.8 Å². The highest BCUT2D eigenvalue weighted by Gasteiger charge is 2.05. The van der Waals surface area contributed by atoms with Crippen molar-refractivity contribution in [3.63, 3.8) is 0 Å². The van der Waals surface area contributed by atoms with E-state index in [1.807, 2.05) is 6.07 Å². The van der Waals surface area contributed by atoms with E-state index in [4.69, 9.17) is 1.37 Å². The summed E-state index contributed by atoms with van der Waals surface area (Å²) >= 11 is 1.65. The van der Waals surface area contributed by atoms with Gasteiger partial charge in [-0.2, -0.15) is 0 Å². The van der Waals surface area contributed by atoms with Gasteiger partial charge in [-0.05, 0) is 6.07 Å². The minimum absolute atomic E-state index is 0.278. The number of thiazole rings is 1. The first-order valence-corrected chi connectivity index (χ1v) is 4.72. The monoisotopic (exact) mass is 180 g/mol. The quantitative estimate of drug-likeness (QED) is 0.674. The normalized spacial score (nSPS) is 12.4. The van der Waals surface area contributed by atoms with Gasteiger partial charge in [0.25, 0.3) is 0 Å². The second kappa shape index (κ2) is 2.83. The molecule has 0 fully saturated rings. The molecule has 2 aromatic rings. The molecule has 2 aromatic heterocycles. The number of aromatic nitrogens is 2. The van der Waals surface area contributed by atoms with Crippen molar-refractivity contribution in [2.45, 2.75) is 19.8 Å². The lowest BCUT2D eigenvalue weighted by Crippen LogP contribution is -1.82. The zero-order chi connectivity index (χ0) is 9.42. The van der Waals surface area contributed by atoms with Crippen molar-refractivity contribution in [3.05, 3.63) is 23.4 Å². The maximum atomic E-state index is 7.55. The van der Waals surface area contributed by atoms with Crippen LogP contribution in [0.1, 0.15) is 26.1 Å². The molecule has 0 aliphatic rings. The first kappa shape index (κ1) is 6.54. The van der Waals surface area contributed by atoms with E-state index in [0.29, 0.717) is 5.92 Å². The van der Waals surface area contributed by atoms with E-state index in [-0.39, 0.29) is 6.17 Å². The van der Waals surface area contributed by atoms with Crippen molar-refractivity contribution in [3.8, 4) is 0 Å². The van der Waals surface area contributed by atoms with Crippen LogP contribution in [-0.2, 0) is 0 Å². The Morgan fingerprint density at radius 1 is 1.58 bits per heavy atom. The maximum Gasteiger partial charge on any atom is 0.0998 e. The van der Waals surface area contributed by atoms with Crippen molar-refractivity contribution in [1.82, 2.24) is 9.97 Å². The summed E-state index contributed by atoms with van der Waals surface area (Å²) in [6.45, 7) is 4.21. The van der Waals surface area contributed by atoms with Gasteiger partial charge in [0.15, 0.2) is 0 Å². The van der Waals surface area contributed by atoms with E-state index in [1.165, 1.54) is 0 Å². The van der Waals surface area contributed by atoms with Crippen molar-refractivity contribution < 1.29 is 1.37 Å². The molecule has 62 valence electrons. The lowest BCUT2D eigenvalue weighted by molar-refractivity contribution is 0.856. The van der Waals surface area contributed by atoms with E-state index in [2.05, 4.69) is 23.8 Å². The van der Waals surface area contributed by atoms with Gasteiger partial charge in [0.1, 0.15) is 0 Å². The first-order valence-electron chi connectivity index (χ1n) is 4.40. The van der Waals surface area contributed by atoms with Crippen molar-refractivity contribution in [2.75, 3.05) is 0 Å². The van der Waals surface area contributed by atoms with Crippen LogP contribution in [0.15, 0.2) is 18.4 Å². The largest absolute Gasteiger partial charge is 0.262 e. The van der Waals surface area contributed by atoms with Gasteiger partial charge in [0.2, 0.25) is 0 Å². The van der Waals surface area contributed by atoms with Crippen molar-refractivity contribution in [1.29, 1.82) is 0 Å². The first-order chi connectivity index (χ1) is 6.18. The standard InChI is InChI=1S/C9H10N2S/c1-6(2)9-11-7-5-10-4-3-8(7)12-9/h3-6H,1-2H3/i5T. The smallest absolute Gasteiger partial charge is 0.0998 e. The molecule has 0 aliphatic carbocycles. The van der Waals surface area contributed by atoms with Gasteiger partial charge in [-0.3, -0.25) is 4.98 Å². The van der Waals surface area contributed by atoms with Gasteiger partial charge in [0.05, 0.1) is 22.8 Å². The highest BCUT2D eigenvalue weighted by Crippen LogP contribution is 2.25. The minimum atomic E-state index is 0.278. The molecule has 0 saturated heterocycles. The molecule has 0 bridgehead atoms. The Kier molecular flexibility index (Phi) is 1.54. The predicted molar refractivity (Wildman–Crippen MR) is 51.5 cm³/mol. The fourth-order valence-corrected chi connectivity index (χ4v) is 1.91. The molecule has 0 radical (unpaired) electrons. The van der Waals surface area contributed by atoms with Crippen molar-refractivity contribution >= 4 is 21.6 Å². The minimum Gasteiger partial charge on any atom is -0.262 e. The lowest BCUT2D eigenvalue weighted by Gasteiger charge is -1.94. The second-order valence-electron chi connectivity index (χ2n) is 2.98. The Morgan fingerprint density at radius 3 is 3.08 bits per heavy atom. The summed E-state index contributed by atoms with van der Waals surface area (Å²) in [7, 11) is 0. The maximum absolute atomic E-state index is 7.55. The predicted octanol–water partition coefficient (Wildman–Crippen LogP) is 2.81. The number of hydrogen-bond donors (Lipinski definition) is 0. The van der Waals surface area contributed by atoms with Gasteiger partial charge < -0.3 is 0 Å². The molecular weight excluding hydrogens is 168 g/mol. The van der Waals surface area contributed by atoms with E-state index in [9.17, 15) is 0 Å². The highest BCUT2D eigenvalue weighted by molar-refractivity contribution is 7.18. The van der Waals surface area contributed by atoms with E-state index in [0.717, 1.165) is 15.2 Å². The molecule has 12 heavy (non-hydrogen) atoms. The lowest BCUT2D eigenvalue weighted by atomic mass is 10.2. The molecule has 0 unspecified atom stereocenters.